The molecule has 0 spiro atoms. The van der Waals surface area contributed by atoms with Gasteiger partial charge < -0.3 is 9.47 Å². The van der Waals surface area contributed by atoms with Gasteiger partial charge in [0.1, 0.15) is 23.1 Å². The van der Waals surface area contributed by atoms with E-state index >= 15 is 0 Å². The van der Waals surface area contributed by atoms with Crippen LogP contribution in [-0.4, -0.2) is 35.8 Å². The predicted molar refractivity (Wildman–Crippen MR) is 526 cm³/mol. The standard InChI is InChI=1S/C11H15Cl.C11H15FO.C11H16.C10H13F.C10H14O.C10H14S.2C10H14.C9H12ClN.C9H13N.C7H9ClS/c1-9(2)11-5-3-10(4-6-11)7-8-12;1-4-13-9-5-6-10(8(2)3)11(12)7-9;1-4-10-5-7-11(8-6-10)9(2)3;1-7(2)9-5-4-8(3)6-10(9)11;2*1-8(2)9-4-6-10(11-3)7-5-9;2*1-8(2)10-6-4-9(3)5-7-10;1-6(2)9-5-4-8(10)7(3)11-9;1-7(2)9-5-4-8(3)6-10-9;1-5(2)6-3-7(8)9-4-6/h3-6,9H,7-8H2,1-2H3;5-8H,4H2,1-3H3;5-9H,4H2,1-3H3;4-7H,1-3H3;2*4-8H,1-3H3;2*4-8H,1-3H3;4-6H,1-3H3;4-7H,1-3H3;3-5H,1-2H3. The van der Waals surface area contributed by atoms with Crippen molar-refractivity contribution >= 4 is 57.9 Å². The van der Waals surface area contributed by atoms with E-state index in [1.807, 2.05) is 103 Å². The van der Waals surface area contributed by atoms with Crippen molar-refractivity contribution in [2.45, 2.75) is 284 Å². The van der Waals surface area contributed by atoms with Gasteiger partial charge in [0.2, 0.25) is 0 Å². The van der Waals surface area contributed by atoms with Crippen molar-refractivity contribution < 1.29 is 18.3 Å². The Kier molecular flexibility index (Phi) is 56.0. The molecule has 119 heavy (non-hydrogen) atoms. The van der Waals surface area contributed by atoms with Crippen LogP contribution in [0.25, 0.3) is 0 Å². The van der Waals surface area contributed by atoms with Crippen molar-refractivity contribution in [3.05, 3.63) is 345 Å². The van der Waals surface area contributed by atoms with Gasteiger partial charge in [0.25, 0.3) is 0 Å². The van der Waals surface area contributed by atoms with Crippen LogP contribution in [0.2, 0.25) is 9.36 Å². The second-order valence-corrected chi connectivity index (χ2v) is 36.4. The number of thiophene rings is 1. The highest BCUT2D eigenvalue weighted by Gasteiger charge is 2.10. The van der Waals surface area contributed by atoms with Gasteiger partial charge in [-0.1, -0.05) is 339 Å². The Morgan fingerprint density at radius 3 is 1.05 bits per heavy atom. The number of hydrogen-bond acceptors (Lipinski definition) is 6. The number of benzene rings is 8. The second-order valence-electron chi connectivity index (χ2n) is 33.2. The molecule has 0 unspecified atom stereocenters. The summed E-state index contributed by atoms with van der Waals surface area (Å²) < 4.78 is 37.6. The van der Waals surface area contributed by atoms with Crippen molar-refractivity contribution in [2.75, 3.05) is 25.9 Å². The molecule has 0 bridgehead atoms. The maximum Gasteiger partial charge on any atom is 0.130 e. The lowest BCUT2D eigenvalue weighted by Gasteiger charge is -2.08. The maximum atomic E-state index is 13.3. The van der Waals surface area contributed by atoms with Crippen LogP contribution in [0.15, 0.2) is 229 Å². The lowest BCUT2D eigenvalue weighted by Crippen LogP contribution is -1.96. The van der Waals surface area contributed by atoms with Crippen molar-refractivity contribution in [1.82, 2.24) is 9.97 Å². The highest BCUT2D eigenvalue weighted by atomic mass is 35.5. The summed E-state index contributed by atoms with van der Waals surface area (Å²) in [5.41, 5.74) is 22.1. The number of alkyl halides is 1. The number of hydrogen-bond donors (Lipinski definition) is 0. The fourth-order valence-electron chi connectivity index (χ4n) is 10.9. The fourth-order valence-corrected chi connectivity index (χ4v) is 12.6. The van der Waals surface area contributed by atoms with Crippen LogP contribution < -0.4 is 9.47 Å². The number of methoxy groups -OCH3 is 1. The topological polar surface area (TPSA) is 44.2 Å². The van der Waals surface area contributed by atoms with Gasteiger partial charge in [-0.2, -0.15) is 0 Å². The van der Waals surface area contributed by atoms with E-state index < -0.39 is 0 Å². The highest BCUT2D eigenvalue weighted by molar-refractivity contribution is 7.98. The number of aromatic nitrogens is 2. The number of rotatable bonds is 18. The summed E-state index contributed by atoms with van der Waals surface area (Å²) in [5.74, 6) is 7.91. The van der Waals surface area contributed by atoms with Crippen molar-refractivity contribution in [3.8, 4) is 11.5 Å². The Balaban J connectivity index is 0.000000655. The molecule has 8 aromatic carbocycles. The van der Waals surface area contributed by atoms with Crippen molar-refractivity contribution in [1.29, 1.82) is 0 Å². The zero-order valence-corrected chi connectivity index (χ0v) is 82.4. The Bertz CT molecular complexity index is 4180. The molecule has 0 fully saturated rings. The molecule has 0 saturated heterocycles. The van der Waals surface area contributed by atoms with Gasteiger partial charge in [-0.15, -0.1) is 34.7 Å². The summed E-state index contributed by atoms with van der Waals surface area (Å²) >= 11 is 20.6. The molecule has 0 atom stereocenters. The zero-order valence-electron chi connectivity index (χ0n) is 78.5. The molecule has 0 amide bonds. The highest BCUT2D eigenvalue weighted by Crippen LogP contribution is 2.28. The Morgan fingerprint density at radius 2 is 0.739 bits per heavy atom. The third-order valence-electron chi connectivity index (χ3n) is 19.2. The minimum atomic E-state index is -0.180. The van der Waals surface area contributed by atoms with E-state index in [0.717, 1.165) is 56.0 Å². The molecule has 11 rings (SSSR count). The van der Waals surface area contributed by atoms with Crippen LogP contribution in [0.5, 0.6) is 11.5 Å². The van der Waals surface area contributed by atoms with E-state index in [1.54, 1.807) is 42.3 Å². The summed E-state index contributed by atoms with van der Waals surface area (Å²) in [6.45, 7) is 62.0. The van der Waals surface area contributed by atoms with Crippen LogP contribution in [-0.2, 0) is 12.8 Å². The van der Waals surface area contributed by atoms with Crippen LogP contribution in [0, 0.1) is 46.3 Å². The van der Waals surface area contributed by atoms with Gasteiger partial charge in [0.15, 0.2) is 0 Å². The number of halogens is 5. The molecule has 650 valence electrons. The summed E-state index contributed by atoms with van der Waals surface area (Å²) in [6, 6.07) is 72.5. The molecule has 11 heteroatoms. The monoisotopic (exact) mass is 1710 g/mol. The molecular formula is C108H149Cl3F2N2O2S2. The number of pyridine rings is 2. The van der Waals surface area contributed by atoms with E-state index in [2.05, 4.69) is 320 Å². The SMILES string of the molecule is CC(C)c1ccc(CCCl)cc1.CC(C)c1csc(Cl)c1.CCOc1ccc(C(C)C)c(F)c1.CCc1ccc(C(C)C)cc1.COc1ccc(C(C)C)cc1.CSc1ccc(C(C)C)cc1.Cc1ccc(C(C)C)c(F)c1.Cc1ccc(C(C)C)cc1.Cc1ccc(C(C)C)cc1.Cc1ccc(C(C)C)nc1.Cc1nc(C(C)C)ccc1Cl. The first-order valence-electron chi connectivity index (χ1n) is 42.7. The number of aryl methyl sites for hydroxylation is 7. The lowest BCUT2D eigenvalue weighted by atomic mass is 10.0. The molecule has 11 aromatic rings. The van der Waals surface area contributed by atoms with Crippen molar-refractivity contribution in [2.24, 2.45) is 0 Å². The Labute approximate surface area is 747 Å². The second kappa shape index (κ2) is 60.8. The molecule has 0 aliphatic rings. The van der Waals surface area contributed by atoms with E-state index in [4.69, 9.17) is 44.3 Å². The summed E-state index contributed by atoms with van der Waals surface area (Å²) in [4.78, 5) is 9.96. The number of thioether (sulfide) groups is 1. The van der Waals surface area contributed by atoms with Crippen LogP contribution in [0.4, 0.5) is 8.78 Å². The van der Waals surface area contributed by atoms with Crippen LogP contribution in [0.1, 0.15) is 332 Å². The largest absolute Gasteiger partial charge is 0.497 e. The predicted octanol–water partition coefficient (Wildman–Crippen LogP) is 35.4. The minimum Gasteiger partial charge on any atom is -0.497 e. The Hall–Kier alpha value is -7.56. The number of nitrogens with zero attached hydrogens (tertiary/aromatic N) is 2. The van der Waals surface area contributed by atoms with Gasteiger partial charge in [-0.25, -0.2) is 8.78 Å². The van der Waals surface area contributed by atoms with Gasteiger partial charge >= 0.3 is 0 Å². The van der Waals surface area contributed by atoms with E-state index in [-0.39, 0.29) is 23.5 Å². The average Bonchev–Trinajstić information content (AvgIpc) is 1.17. The van der Waals surface area contributed by atoms with Crippen LogP contribution >= 0.6 is 57.9 Å². The first-order chi connectivity index (χ1) is 56.1. The van der Waals surface area contributed by atoms with E-state index in [1.165, 1.54) is 83.4 Å². The van der Waals surface area contributed by atoms with Crippen molar-refractivity contribution in [3.63, 3.8) is 0 Å². The molecular weight excluding hydrogens is 1570 g/mol. The molecule has 0 aliphatic heterocycles. The first kappa shape index (κ1) is 109. The van der Waals surface area contributed by atoms with Crippen LogP contribution in [0.3, 0.4) is 0 Å². The fraction of sp³-hybridized carbons (Fsp3) is 0.426. The van der Waals surface area contributed by atoms with Gasteiger partial charge in [-0.3, -0.25) is 9.97 Å². The third-order valence-corrected chi connectivity index (χ3v) is 21.7. The molecule has 0 radical (unpaired) electrons. The van der Waals surface area contributed by atoms with Gasteiger partial charge in [0, 0.05) is 34.4 Å². The molecule has 4 nitrogen and oxygen atoms in total. The van der Waals surface area contributed by atoms with E-state index in [9.17, 15) is 8.78 Å². The third kappa shape index (κ3) is 46.9. The molecule has 0 aliphatic carbocycles. The average molecular weight is 1720 g/mol. The lowest BCUT2D eigenvalue weighted by molar-refractivity contribution is 0.338. The minimum absolute atomic E-state index is 0.0833. The summed E-state index contributed by atoms with van der Waals surface area (Å²) in [6.07, 6.45) is 6.12. The molecule has 0 saturated carbocycles. The first-order valence-corrected chi connectivity index (χ1v) is 46.1. The number of ether oxygens (including phenoxy) is 2. The Morgan fingerprint density at radius 1 is 0.378 bits per heavy atom. The molecule has 3 aromatic heterocycles. The normalized spacial score (nSPS) is 10.5. The summed E-state index contributed by atoms with van der Waals surface area (Å²) in [7, 11) is 1.68. The maximum absolute atomic E-state index is 13.3. The van der Waals surface area contributed by atoms with E-state index in [0.29, 0.717) is 71.5 Å². The summed E-state index contributed by atoms with van der Waals surface area (Å²) in [5, 5.41) is 2.85. The molecule has 0 N–H and O–H groups in total. The van der Waals surface area contributed by atoms with Gasteiger partial charge in [0.05, 0.1) is 28.8 Å². The zero-order chi connectivity index (χ0) is 90.0. The smallest absolute Gasteiger partial charge is 0.130 e. The quantitative estimate of drug-likeness (QED) is 0.0633. The molecule has 3 heterocycles. The van der Waals surface area contributed by atoms with Gasteiger partial charge in [-0.05, 0) is 264 Å².